The summed E-state index contributed by atoms with van der Waals surface area (Å²) in [4.78, 5) is 26.2. The molecule has 2 rings (SSSR count). The second-order valence-electron chi connectivity index (χ2n) is 5.03. The van der Waals surface area contributed by atoms with Crippen molar-refractivity contribution >= 4 is 24.2 Å². The summed E-state index contributed by atoms with van der Waals surface area (Å²) in [5.74, 6) is -0.282. The average molecular weight is 312 g/mol. The van der Waals surface area contributed by atoms with Gasteiger partial charge in [-0.1, -0.05) is 43.7 Å². The van der Waals surface area contributed by atoms with E-state index in [0.717, 1.165) is 12.0 Å². The second-order valence-corrected chi connectivity index (χ2v) is 5.03. The number of rotatable bonds is 4. The summed E-state index contributed by atoms with van der Waals surface area (Å²) < 4.78 is 0. The van der Waals surface area contributed by atoms with Gasteiger partial charge < -0.3 is 16.0 Å². The Morgan fingerprint density at radius 3 is 2.71 bits per heavy atom. The van der Waals surface area contributed by atoms with Gasteiger partial charge in [0.05, 0.1) is 6.04 Å². The van der Waals surface area contributed by atoms with Crippen LogP contribution in [0.3, 0.4) is 0 Å². The Balaban J connectivity index is 0.00000220. The lowest BCUT2D eigenvalue weighted by Crippen LogP contribution is -2.55. The standard InChI is InChI=1S/C15H21N3O2.ClH/c1-2-6-12(16)15(20)18-10-9-17-14(19)13(18)11-7-4-3-5-8-11;/h3-5,7-8,12-13H,2,6,9-10,16H2,1H3,(H,17,19);1H. The van der Waals surface area contributed by atoms with Gasteiger partial charge in [0.1, 0.15) is 6.04 Å². The van der Waals surface area contributed by atoms with Crippen LogP contribution in [0.5, 0.6) is 0 Å². The highest BCUT2D eigenvalue weighted by Crippen LogP contribution is 2.24. The van der Waals surface area contributed by atoms with E-state index < -0.39 is 12.1 Å². The number of nitrogens with zero attached hydrogens (tertiary/aromatic N) is 1. The zero-order valence-electron chi connectivity index (χ0n) is 12.1. The smallest absolute Gasteiger partial charge is 0.247 e. The molecule has 0 spiro atoms. The summed E-state index contributed by atoms with van der Waals surface area (Å²) in [6, 6.07) is 8.25. The van der Waals surface area contributed by atoms with Gasteiger partial charge in [-0.3, -0.25) is 9.59 Å². The highest BCUT2D eigenvalue weighted by Gasteiger charge is 2.35. The lowest BCUT2D eigenvalue weighted by Gasteiger charge is -2.36. The zero-order valence-corrected chi connectivity index (χ0v) is 12.9. The molecule has 0 aromatic heterocycles. The van der Waals surface area contributed by atoms with E-state index in [1.165, 1.54) is 0 Å². The number of carbonyl (C=O) groups is 2. The van der Waals surface area contributed by atoms with Gasteiger partial charge in [-0.2, -0.15) is 0 Å². The maximum atomic E-state index is 12.4. The molecule has 1 saturated heterocycles. The van der Waals surface area contributed by atoms with Gasteiger partial charge in [-0.15, -0.1) is 12.4 Å². The van der Waals surface area contributed by atoms with Gasteiger partial charge in [0.15, 0.2) is 0 Å². The predicted molar refractivity (Wildman–Crippen MR) is 84.0 cm³/mol. The van der Waals surface area contributed by atoms with Crippen molar-refractivity contribution in [2.45, 2.75) is 31.8 Å². The van der Waals surface area contributed by atoms with Crippen LogP contribution in [-0.4, -0.2) is 35.8 Å². The van der Waals surface area contributed by atoms with Crippen LogP contribution in [0.15, 0.2) is 30.3 Å². The molecule has 2 unspecified atom stereocenters. The van der Waals surface area contributed by atoms with E-state index in [-0.39, 0.29) is 24.2 Å². The molecule has 0 saturated carbocycles. The van der Waals surface area contributed by atoms with Crippen molar-refractivity contribution < 1.29 is 9.59 Å². The molecule has 2 atom stereocenters. The van der Waals surface area contributed by atoms with Gasteiger partial charge in [-0.25, -0.2) is 0 Å². The second kappa shape index (κ2) is 8.00. The maximum absolute atomic E-state index is 12.4. The number of benzene rings is 1. The number of hydrogen-bond acceptors (Lipinski definition) is 3. The first-order valence-electron chi connectivity index (χ1n) is 7.04. The van der Waals surface area contributed by atoms with E-state index in [9.17, 15) is 9.59 Å². The topological polar surface area (TPSA) is 75.4 Å². The minimum absolute atomic E-state index is 0. The van der Waals surface area contributed by atoms with Crippen LogP contribution in [0, 0.1) is 0 Å². The van der Waals surface area contributed by atoms with Crippen LogP contribution in [0.4, 0.5) is 0 Å². The van der Waals surface area contributed by atoms with Gasteiger partial charge in [-0.05, 0) is 12.0 Å². The molecule has 6 heteroatoms. The summed E-state index contributed by atoms with van der Waals surface area (Å²) in [6.07, 6.45) is 1.49. The highest BCUT2D eigenvalue weighted by molar-refractivity contribution is 5.91. The Morgan fingerprint density at radius 1 is 1.43 bits per heavy atom. The fraction of sp³-hybridized carbons (Fsp3) is 0.467. The van der Waals surface area contributed by atoms with Crippen LogP contribution < -0.4 is 11.1 Å². The predicted octanol–water partition coefficient (Wildman–Crippen LogP) is 1.24. The summed E-state index contributed by atoms with van der Waals surface area (Å²) >= 11 is 0. The molecular weight excluding hydrogens is 290 g/mol. The number of halogens is 1. The van der Waals surface area contributed by atoms with Crippen molar-refractivity contribution in [3.05, 3.63) is 35.9 Å². The zero-order chi connectivity index (χ0) is 14.5. The largest absolute Gasteiger partial charge is 0.352 e. The summed E-state index contributed by atoms with van der Waals surface area (Å²) in [7, 11) is 0. The molecule has 1 aromatic carbocycles. The molecule has 0 radical (unpaired) electrons. The normalized spacial score (nSPS) is 19.4. The number of carbonyl (C=O) groups excluding carboxylic acids is 2. The molecule has 116 valence electrons. The summed E-state index contributed by atoms with van der Waals surface area (Å²) in [6.45, 7) is 2.97. The molecule has 0 aliphatic carbocycles. The van der Waals surface area contributed by atoms with E-state index in [0.29, 0.717) is 19.5 Å². The molecule has 1 aromatic rings. The monoisotopic (exact) mass is 311 g/mol. The van der Waals surface area contributed by atoms with Crippen LogP contribution in [0.25, 0.3) is 0 Å². The van der Waals surface area contributed by atoms with Crippen LogP contribution >= 0.6 is 12.4 Å². The number of amides is 2. The molecule has 21 heavy (non-hydrogen) atoms. The van der Waals surface area contributed by atoms with E-state index in [4.69, 9.17) is 5.73 Å². The van der Waals surface area contributed by atoms with E-state index in [1.807, 2.05) is 37.3 Å². The van der Waals surface area contributed by atoms with Crippen molar-refractivity contribution in [3.63, 3.8) is 0 Å². The lowest BCUT2D eigenvalue weighted by molar-refractivity contribution is -0.144. The Bertz CT molecular complexity index is 481. The molecule has 1 aliphatic rings. The van der Waals surface area contributed by atoms with E-state index in [2.05, 4.69) is 5.32 Å². The molecule has 2 amide bonds. The van der Waals surface area contributed by atoms with Crippen LogP contribution in [0.1, 0.15) is 31.4 Å². The van der Waals surface area contributed by atoms with Crippen LogP contribution in [-0.2, 0) is 9.59 Å². The number of nitrogens with two attached hydrogens (primary N) is 1. The van der Waals surface area contributed by atoms with E-state index in [1.54, 1.807) is 4.90 Å². The van der Waals surface area contributed by atoms with Gasteiger partial charge in [0.25, 0.3) is 0 Å². The first-order chi connectivity index (χ1) is 9.65. The minimum atomic E-state index is -0.569. The summed E-state index contributed by atoms with van der Waals surface area (Å²) in [5.41, 5.74) is 6.74. The van der Waals surface area contributed by atoms with Gasteiger partial charge in [0, 0.05) is 13.1 Å². The molecule has 1 aliphatic heterocycles. The van der Waals surface area contributed by atoms with Crippen molar-refractivity contribution in [1.82, 2.24) is 10.2 Å². The minimum Gasteiger partial charge on any atom is -0.352 e. The Kier molecular flexibility index (Phi) is 6.65. The molecule has 5 nitrogen and oxygen atoms in total. The number of piperazine rings is 1. The fourth-order valence-electron chi connectivity index (χ4n) is 2.52. The number of hydrogen-bond donors (Lipinski definition) is 2. The first-order valence-corrected chi connectivity index (χ1v) is 7.04. The Labute approximate surface area is 131 Å². The highest BCUT2D eigenvalue weighted by atomic mass is 35.5. The number of nitrogens with one attached hydrogen (secondary N) is 1. The van der Waals surface area contributed by atoms with Gasteiger partial charge in [0.2, 0.25) is 11.8 Å². The molecule has 1 fully saturated rings. The van der Waals surface area contributed by atoms with Crippen LogP contribution in [0.2, 0.25) is 0 Å². The summed E-state index contributed by atoms with van der Waals surface area (Å²) in [5, 5.41) is 2.81. The van der Waals surface area contributed by atoms with Gasteiger partial charge >= 0.3 is 0 Å². The third-order valence-corrected chi connectivity index (χ3v) is 3.53. The van der Waals surface area contributed by atoms with Crippen molar-refractivity contribution in [2.24, 2.45) is 5.73 Å². The Hall–Kier alpha value is -1.59. The molecular formula is C15H22ClN3O2. The van der Waals surface area contributed by atoms with Crippen molar-refractivity contribution in [3.8, 4) is 0 Å². The quantitative estimate of drug-likeness (QED) is 0.878. The Morgan fingerprint density at radius 2 is 2.10 bits per heavy atom. The molecule has 0 bridgehead atoms. The average Bonchev–Trinajstić information content (AvgIpc) is 2.47. The third-order valence-electron chi connectivity index (χ3n) is 3.53. The first kappa shape index (κ1) is 17.5. The third kappa shape index (κ3) is 3.95. The SMILES string of the molecule is CCCC(N)C(=O)N1CCNC(=O)C1c1ccccc1.Cl. The van der Waals surface area contributed by atoms with Crippen molar-refractivity contribution in [1.29, 1.82) is 0 Å². The van der Waals surface area contributed by atoms with E-state index >= 15 is 0 Å². The maximum Gasteiger partial charge on any atom is 0.247 e. The molecule has 1 heterocycles. The fourth-order valence-corrected chi connectivity index (χ4v) is 2.52. The lowest BCUT2D eigenvalue weighted by atomic mass is 10.0. The molecule has 3 N–H and O–H groups in total. The van der Waals surface area contributed by atoms with Crippen molar-refractivity contribution in [2.75, 3.05) is 13.1 Å².